The minimum absolute atomic E-state index is 0.0415. The molecule has 0 aliphatic carbocycles. The molecule has 0 heterocycles. The number of phenols is 10. The maximum atomic E-state index is 13.2. The third-order valence-electron chi connectivity index (χ3n) is 19.3. The average molecular weight is 1450 g/mol. The molecule has 0 fully saturated rings. The van der Waals surface area contributed by atoms with Crippen molar-refractivity contribution in [3.63, 3.8) is 0 Å². The van der Waals surface area contributed by atoms with E-state index in [0.29, 0.717) is 29.9 Å². The Labute approximate surface area is 624 Å². The minimum atomic E-state index is -0.528. The summed E-state index contributed by atoms with van der Waals surface area (Å²) < 4.78 is 11.8. The summed E-state index contributed by atoms with van der Waals surface area (Å²) in [5.74, 6) is -0.370. The molecule has 16 nitrogen and oxygen atoms in total. The molecule has 5 rings (SSSR count). The number of allylic oxidation sites excluding steroid dienone is 2. The zero-order valence-corrected chi connectivity index (χ0v) is 64.5. The Morgan fingerprint density at radius 2 is 0.606 bits per heavy atom. The number of rotatable bonds is 53. The molecule has 16 heteroatoms. The van der Waals surface area contributed by atoms with Gasteiger partial charge in [-0.3, -0.25) is 0 Å². The second-order valence-electron chi connectivity index (χ2n) is 29.1. The number of benzene rings is 5. The molecule has 0 radical (unpaired) electrons. The predicted octanol–water partition coefficient (Wildman–Crippen LogP) is 22.1. The van der Waals surface area contributed by atoms with Gasteiger partial charge in [-0.2, -0.15) is 0 Å². The number of aliphatic hydroxyl groups is 2. The topological polar surface area (TPSA) is 295 Å². The predicted molar refractivity (Wildman–Crippen MR) is 420 cm³/mol. The first-order valence-corrected chi connectivity index (χ1v) is 40.2. The van der Waals surface area contributed by atoms with Gasteiger partial charge < -0.3 is 70.8 Å². The summed E-state index contributed by atoms with van der Waals surface area (Å²) >= 11 is 0. The van der Waals surface area contributed by atoms with E-state index >= 15 is 0 Å². The number of aliphatic hydroxyl groups excluding tert-OH is 2. The quantitative estimate of drug-likeness (QED) is 0.00979. The third kappa shape index (κ3) is 41.4. The molecule has 104 heavy (non-hydrogen) atoms. The lowest BCUT2D eigenvalue weighted by Gasteiger charge is -2.19. The fourth-order valence-electron chi connectivity index (χ4n) is 13.5. The van der Waals surface area contributed by atoms with Crippen molar-refractivity contribution >= 4 is 11.9 Å². The Morgan fingerprint density at radius 1 is 0.327 bits per heavy atom. The van der Waals surface area contributed by atoms with Crippen LogP contribution in [0.1, 0.15) is 334 Å². The van der Waals surface area contributed by atoms with Crippen LogP contribution >= 0.6 is 0 Å². The largest absolute Gasteiger partial charge is 0.508 e. The Bertz CT molecular complexity index is 3080. The standard InChI is InChI=1S/C36H54O6.C35H54O7.C17H28O3/c1-4-17-33(21-16-12-8-10-14-19-28-22-30(37)25-31(38)23-28)42-36(41)35-29(24-32(39)26-34(35)40)20-15-11-7-6-9-13-18-27(3)5-2;1-3-15-28(36)19-13-9-6-8-12-18-27-23-31(39)25-33(40)34(27)35(41)42-32(16-4-2)20-14-10-5-7-11-17-26-21-29(37)24-30(38)22-26;1-2-8-15(18)10-7-5-3-4-6-9-14-11-16(19)13-17(20)12-14/h13,18,22-27,33,37-40H,4-12,14-17,19-21H2,1-3H3;21-25,28,32,36-40H,3-20H2,1-2H3;11-13,15,18-20H,2-10H2,1H3/b18-13+;;. The van der Waals surface area contributed by atoms with Gasteiger partial charge in [-0.05, 0) is 224 Å². The summed E-state index contributed by atoms with van der Waals surface area (Å²) in [7, 11) is 0. The van der Waals surface area contributed by atoms with E-state index in [-0.39, 0.29) is 93.0 Å². The molecule has 0 aliphatic heterocycles. The number of aryl methyl sites for hydroxylation is 5. The lowest BCUT2D eigenvalue weighted by Crippen LogP contribution is -2.19. The number of ether oxygens (including phenoxy) is 2. The molecule has 0 aromatic heterocycles. The Hall–Kier alpha value is -7.30. The Morgan fingerprint density at radius 3 is 0.923 bits per heavy atom. The number of esters is 2. The summed E-state index contributed by atoms with van der Waals surface area (Å²) in [5.41, 5.74) is 4.46. The van der Waals surface area contributed by atoms with E-state index in [1.807, 2.05) is 0 Å². The maximum absolute atomic E-state index is 13.2. The van der Waals surface area contributed by atoms with E-state index in [2.05, 4.69) is 53.7 Å². The minimum Gasteiger partial charge on any atom is -0.508 e. The van der Waals surface area contributed by atoms with Crippen LogP contribution in [0, 0.1) is 5.92 Å². The normalized spacial score (nSPS) is 12.8. The molecule has 5 unspecified atom stereocenters. The van der Waals surface area contributed by atoms with Gasteiger partial charge in [-0.1, -0.05) is 189 Å². The van der Waals surface area contributed by atoms with Gasteiger partial charge in [-0.25, -0.2) is 9.59 Å². The van der Waals surface area contributed by atoms with Crippen LogP contribution in [-0.4, -0.2) is 97.6 Å². The second kappa shape index (κ2) is 55.2. The monoisotopic (exact) mass is 1450 g/mol. The van der Waals surface area contributed by atoms with Crippen LogP contribution in [0.5, 0.6) is 57.5 Å². The van der Waals surface area contributed by atoms with Crippen molar-refractivity contribution in [1.82, 2.24) is 0 Å². The maximum Gasteiger partial charge on any atom is 0.342 e. The second-order valence-corrected chi connectivity index (χ2v) is 29.1. The highest BCUT2D eigenvalue weighted by Crippen LogP contribution is 2.34. The molecule has 5 aromatic carbocycles. The van der Waals surface area contributed by atoms with Crippen molar-refractivity contribution in [1.29, 1.82) is 0 Å². The lowest BCUT2D eigenvalue weighted by atomic mass is 9.98. The van der Waals surface area contributed by atoms with Crippen molar-refractivity contribution in [2.24, 2.45) is 5.92 Å². The molecular formula is C88H136O16. The molecule has 5 atom stereocenters. The molecule has 0 bridgehead atoms. The van der Waals surface area contributed by atoms with Gasteiger partial charge in [0.15, 0.2) is 0 Å². The van der Waals surface area contributed by atoms with E-state index in [9.17, 15) is 70.9 Å². The van der Waals surface area contributed by atoms with Gasteiger partial charge in [-0.15, -0.1) is 0 Å². The van der Waals surface area contributed by atoms with E-state index in [0.717, 1.165) is 267 Å². The van der Waals surface area contributed by atoms with Gasteiger partial charge in [0.2, 0.25) is 0 Å². The first kappa shape index (κ1) is 90.9. The summed E-state index contributed by atoms with van der Waals surface area (Å²) in [6, 6.07) is 19.8. The summed E-state index contributed by atoms with van der Waals surface area (Å²) in [6.45, 7) is 12.7. The van der Waals surface area contributed by atoms with E-state index in [1.165, 1.54) is 43.2 Å². The molecular weight excluding hydrogens is 1310 g/mol. The molecule has 12 N–H and O–H groups in total. The van der Waals surface area contributed by atoms with Crippen molar-refractivity contribution in [3.05, 3.63) is 130 Å². The van der Waals surface area contributed by atoms with Crippen molar-refractivity contribution < 1.29 is 80.3 Å². The number of phenolic OH excluding ortho intramolecular Hbond substituents is 10. The van der Waals surface area contributed by atoms with Gasteiger partial charge in [0, 0.05) is 30.3 Å². The zero-order valence-electron chi connectivity index (χ0n) is 64.5. The summed E-state index contributed by atoms with van der Waals surface area (Å²) in [6.07, 6.45) is 45.1. The van der Waals surface area contributed by atoms with Crippen molar-refractivity contribution in [2.45, 2.75) is 342 Å². The van der Waals surface area contributed by atoms with Crippen LogP contribution in [0.2, 0.25) is 0 Å². The van der Waals surface area contributed by atoms with Gasteiger partial charge >= 0.3 is 11.9 Å². The van der Waals surface area contributed by atoms with E-state index < -0.39 is 11.9 Å². The van der Waals surface area contributed by atoms with Crippen LogP contribution < -0.4 is 0 Å². The number of unbranched alkanes of at least 4 members (excludes halogenated alkanes) is 20. The molecule has 0 amide bonds. The number of aromatic hydroxyl groups is 10. The SMILES string of the molecule is CCCC(CCCCCCCc1cc(O)cc(O)c1)OC(=O)c1c(O)cc(O)cc1CCCCCC/C=C/C(C)CC.CCCC(O)CCCCCCCc1cc(O)cc(O)c1.CCCC(O)CCCCCCCc1cc(O)cc(O)c1C(=O)OC(CCC)CCCCCCCc1cc(O)cc(O)c1. The molecule has 5 aromatic rings. The molecule has 0 saturated carbocycles. The Kier molecular flexibility index (Phi) is 48.2. The smallest absolute Gasteiger partial charge is 0.342 e. The first-order chi connectivity index (χ1) is 50.1. The van der Waals surface area contributed by atoms with Crippen LogP contribution in [-0.2, 0) is 41.6 Å². The lowest BCUT2D eigenvalue weighted by molar-refractivity contribution is 0.0239. The van der Waals surface area contributed by atoms with Crippen molar-refractivity contribution in [3.8, 4) is 57.5 Å². The summed E-state index contributed by atoms with van der Waals surface area (Å²) in [5, 5.41) is 118. The van der Waals surface area contributed by atoms with E-state index in [1.54, 1.807) is 48.5 Å². The van der Waals surface area contributed by atoms with Gasteiger partial charge in [0.05, 0.1) is 12.2 Å². The number of carbonyl (C=O) groups excluding carboxylic acids is 2. The molecule has 0 saturated heterocycles. The van der Waals surface area contributed by atoms with Gasteiger partial charge in [0.1, 0.15) is 80.8 Å². The van der Waals surface area contributed by atoms with Crippen LogP contribution in [0.15, 0.2) is 91.0 Å². The molecule has 584 valence electrons. The molecule has 0 spiro atoms. The highest BCUT2D eigenvalue weighted by Gasteiger charge is 2.25. The number of hydrogen-bond acceptors (Lipinski definition) is 16. The summed E-state index contributed by atoms with van der Waals surface area (Å²) in [4.78, 5) is 26.4. The highest BCUT2D eigenvalue weighted by atomic mass is 16.5. The average Bonchev–Trinajstić information content (AvgIpc) is 0.840. The molecule has 0 aliphatic rings. The fourth-order valence-corrected chi connectivity index (χ4v) is 13.5. The van der Waals surface area contributed by atoms with Gasteiger partial charge in [0.25, 0.3) is 0 Å². The van der Waals surface area contributed by atoms with Crippen LogP contribution in [0.3, 0.4) is 0 Å². The van der Waals surface area contributed by atoms with Crippen molar-refractivity contribution in [2.75, 3.05) is 0 Å². The highest BCUT2D eigenvalue weighted by molar-refractivity contribution is 5.95. The fraction of sp³-hybridized carbons (Fsp3) is 0.614. The number of carbonyl (C=O) groups is 2. The van der Waals surface area contributed by atoms with Crippen LogP contribution in [0.4, 0.5) is 0 Å². The first-order valence-electron chi connectivity index (χ1n) is 40.2. The third-order valence-corrected chi connectivity index (χ3v) is 19.3. The van der Waals surface area contributed by atoms with E-state index in [4.69, 9.17) is 9.47 Å². The zero-order chi connectivity index (χ0) is 76.3. The van der Waals surface area contributed by atoms with Crippen LogP contribution in [0.25, 0.3) is 0 Å². The number of hydrogen-bond donors (Lipinski definition) is 12. The Balaban J connectivity index is 0.000000431.